The average molecular weight is 287 g/mol. The van der Waals surface area contributed by atoms with E-state index in [-0.39, 0.29) is 5.75 Å². The molecule has 9 heteroatoms. The Morgan fingerprint density at radius 3 is 2.21 bits per heavy atom. The maximum Gasteiger partial charge on any atom is 0.463 e. The minimum atomic E-state index is -6.03. The van der Waals surface area contributed by atoms with Crippen molar-refractivity contribution in [3.05, 3.63) is 24.0 Å². The Hall–Kier alpha value is -1.93. The first kappa shape index (κ1) is 15.1. The lowest BCUT2D eigenvalue weighted by atomic mass is 10.2. The van der Waals surface area contributed by atoms with Gasteiger partial charge in [-0.25, -0.2) is 4.39 Å². The van der Waals surface area contributed by atoms with Crippen molar-refractivity contribution in [2.24, 2.45) is 0 Å². The van der Waals surface area contributed by atoms with Crippen molar-refractivity contribution in [2.45, 2.75) is 12.1 Å². The monoisotopic (exact) mass is 287 g/mol. The molecule has 1 rings (SSSR count). The number of hydrogen-bond acceptors (Lipinski definition) is 2. The Balaban J connectivity index is 2.92. The van der Waals surface area contributed by atoms with E-state index in [1.165, 1.54) is 5.32 Å². The number of benzene rings is 1. The lowest BCUT2D eigenvalue weighted by molar-refractivity contribution is -0.267. The second-order valence-corrected chi connectivity index (χ2v) is 3.38. The molecule has 106 valence electrons. The van der Waals surface area contributed by atoms with Crippen LogP contribution in [0.3, 0.4) is 0 Å². The van der Waals surface area contributed by atoms with E-state index in [4.69, 9.17) is 0 Å². The maximum atomic E-state index is 13.1. The van der Waals surface area contributed by atoms with Crippen LogP contribution in [0.2, 0.25) is 0 Å². The largest absolute Gasteiger partial charge is 0.494 e. The van der Waals surface area contributed by atoms with Gasteiger partial charge in [0.2, 0.25) is 0 Å². The standard InChI is InChI=1S/C10H7F6NO2/c1-19-7-3-2-5(4-6(7)11)17-8(18)9(12,13)10(14,15)16/h2-4H,1H3,(H,17,18). The normalized spacial score (nSPS) is 12.2. The maximum absolute atomic E-state index is 13.1. The first-order valence-corrected chi connectivity index (χ1v) is 4.69. The zero-order valence-corrected chi connectivity index (χ0v) is 9.32. The van der Waals surface area contributed by atoms with Crippen molar-refractivity contribution < 1.29 is 35.9 Å². The number of amides is 1. The fraction of sp³-hybridized carbons (Fsp3) is 0.300. The number of alkyl halides is 5. The molecular formula is C10H7F6NO2. The third kappa shape index (κ3) is 3.09. The van der Waals surface area contributed by atoms with Gasteiger partial charge in [-0.1, -0.05) is 0 Å². The highest BCUT2D eigenvalue weighted by atomic mass is 19.4. The highest BCUT2D eigenvalue weighted by Gasteiger charge is 2.63. The molecule has 19 heavy (non-hydrogen) atoms. The molecule has 1 N–H and O–H groups in total. The number of carbonyl (C=O) groups is 1. The number of methoxy groups -OCH3 is 1. The van der Waals surface area contributed by atoms with E-state index < -0.39 is 29.5 Å². The van der Waals surface area contributed by atoms with E-state index in [2.05, 4.69) is 4.74 Å². The zero-order chi connectivity index (χ0) is 14.8. The van der Waals surface area contributed by atoms with Gasteiger partial charge in [-0.15, -0.1) is 0 Å². The molecule has 1 aromatic rings. The zero-order valence-electron chi connectivity index (χ0n) is 9.32. The summed E-state index contributed by atoms with van der Waals surface area (Å²) in [4.78, 5) is 10.8. The molecule has 0 aliphatic carbocycles. The van der Waals surface area contributed by atoms with Gasteiger partial charge in [0, 0.05) is 11.8 Å². The van der Waals surface area contributed by atoms with E-state index in [0.717, 1.165) is 19.2 Å². The summed E-state index contributed by atoms with van der Waals surface area (Å²) in [6, 6.07) is 2.45. The number of rotatable bonds is 3. The molecule has 0 aliphatic rings. The van der Waals surface area contributed by atoms with Gasteiger partial charge in [-0.05, 0) is 12.1 Å². The van der Waals surface area contributed by atoms with Gasteiger partial charge in [0.1, 0.15) is 0 Å². The quantitative estimate of drug-likeness (QED) is 0.868. The predicted octanol–water partition coefficient (Wildman–Crippen LogP) is 2.97. The summed E-state index contributed by atoms with van der Waals surface area (Å²) in [5.41, 5.74) is -0.549. The lowest BCUT2D eigenvalue weighted by Crippen LogP contribution is -2.47. The molecule has 0 saturated heterocycles. The number of hydrogen-bond donors (Lipinski definition) is 1. The first-order valence-electron chi connectivity index (χ1n) is 4.69. The Morgan fingerprint density at radius 2 is 1.79 bits per heavy atom. The van der Waals surface area contributed by atoms with Crippen LogP contribution in [0.5, 0.6) is 5.75 Å². The second kappa shape index (κ2) is 4.98. The van der Waals surface area contributed by atoms with Crippen LogP contribution < -0.4 is 10.1 Å². The van der Waals surface area contributed by atoms with Crippen LogP contribution in [0.25, 0.3) is 0 Å². The van der Waals surface area contributed by atoms with E-state index >= 15 is 0 Å². The summed E-state index contributed by atoms with van der Waals surface area (Å²) in [6.07, 6.45) is -6.03. The summed E-state index contributed by atoms with van der Waals surface area (Å²) in [5.74, 6) is -9.43. The van der Waals surface area contributed by atoms with Crippen molar-refractivity contribution >= 4 is 11.6 Å². The van der Waals surface area contributed by atoms with E-state index in [9.17, 15) is 31.1 Å². The first-order chi connectivity index (χ1) is 8.59. The smallest absolute Gasteiger partial charge is 0.463 e. The molecule has 0 radical (unpaired) electrons. The fourth-order valence-electron chi connectivity index (χ4n) is 1.08. The van der Waals surface area contributed by atoms with Gasteiger partial charge in [0.15, 0.2) is 11.6 Å². The minimum absolute atomic E-state index is 0.249. The lowest BCUT2D eigenvalue weighted by Gasteiger charge is -2.18. The van der Waals surface area contributed by atoms with Crippen LogP contribution in [0.1, 0.15) is 0 Å². The SMILES string of the molecule is COc1ccc(NC(=O)C(F)(F)C(F)(F)F)cc1F. The molecule has 0 spiro atoms. The molecule has 3 nitrogen and oxygen atoms in total. The molecular weight excluding hydrogens is 280 g/mol. The van der Waals surface area contributed by atoms with Crippen molar-refractivity contribution in [1.82, 2.24) is 0 Å². The molecule has 0 unspecified atom stereocenters. The fourth-order valence-corrected chi connectivity index (χ4v) is 1.08. The van der Waals surface area contributed by atoms with Crippen molar-refractivity contribution in [1.29, 1.82) is 0 Å². The number of ether oxygens (including phenoxy) is 1. The van der Waals surface area contributed by atoms with Crippen LogP contribution in [0.4, 0.5) is 32.0 Å². The number of anilines is 1. The van der Waals surface area contributed by atoms with Crippen molar-refractivity contribution in [3.63, 3.8) is 0 Å². The molecule has 0 aromatic heterocycles. The Morgan fingerprint density at radius 1 is 1.21 bits per heavy atom. The van der Waals surface area contributed by atoms with Crippen LogP contribution in [-0.2, 0) is 4.79 Å². The van der Waals surface area contributed by atoms with Gasteiger partial charge >= 0.3 is 18.0 Å². The number of nitrogens with one attached hydrogen (secondary N) is 1. The third-order valence-electron chi connectivity index (χ3n) is 2.05. The second-order valence-electron chi connectivity index (χ2n) is 3.38. The van der Waals surface area contributed by atoms with E-state index in [1.807, 2.05) is 0 Å². The van der Waals surface area contributed by atoms with Crippen LogP contribution in [0, 0.1) is 5.82 Å². The summed E-state index contributed by atoms with van der Waals surface area (Å²) in [7, 11) is 1.13. The number of carbonyl (C=O) groups excluding carboxylic acids is 1. The number of halogens is 6. The summed E-state index contributed by atoms with van der Waals surface area (Å²) < 4.78 is 78.5. The van der Waals surface area contributed by atoms with Gasteiger partial charge in [0.25, 0.3) is 0 Å². The minimum Gasteiger partial charge on any atom is -0.494 e. The molecule has 0 bridgehead atoms. The van der Waals surface area contributed by atoms with Gasteiger partial charge in [-0.2, -0.15) is 22.0 Å². The average Bonchev–Trinajstić information content (AvgIpc) is 2.27. The Labute approximate surface area is 103 Å². The van der Waals surface area contributed by atoms with Gasteiger partial charge in [0.05, 0.1) is 7.11 Å². The van der Waals surface area contributed by atoms with E-state index in [0.29, 0.717) is 6.07 Å². The summed E-state index contributed by atoms with van der Waals surface area (Å²) in [6.45, 7) is 0. The molecule has 1 aromatic carbocycles. The topological polar surface area (TPSA) is 38.3 Å². The molecule has 1 amide bonds. The van der Waals surface area contributed by atoms with Crippen molar-refractivity contribution in [3.8, 4) is 5.75 Å². The molecule has 0 saturated carbocycles. The highest BCUT2D eigenvalue weighted by molar-refractivity contribution is 5.96. The summed E-state index contributed by atoms with van der Waals surface area (Å²) in [5, 5.41) is 1.28. The van der Waals surface area contributed by atoms with Gasteiger partial charge < -0.3 is 10.1 Å². The third-order valence-corrected chi connectivity index (χ3v) is 2.05. The van der Waals surface area contributed by atoms with Crippen LogP contribution in [0.15, 0.2) is 18.2 Å². The molecule has 0 fully saturated rings. The van der Waals surface area contributed by atoms with E-state index in [1.54, 1.807) is 0 Å². The highest BCUT2D eigenvalue weighted by Crippen LogP contribution is 2.36. The molecule has 0 aliphatic heterocycles. The predicted molar refractivity (Wildman–Crippen MR) is 52.6 cm³/mol. The van der Waals surface area contributed by atoms with Crippen molar-refractivity contribution in [2.75, 3.05) is 12.4 Å². The van der Waals surface area contributed by atoms with Gasteiger partial charge in [-0.3, -0.25) is 4.79 Å². The Bertz CT molecular complexity index is 485. The molecule has 0 atom stereocenters. The Kier molecular flexibility index (Phi) is 3.97. The van der Waals surface area contributed by atoms with Crippen LogP contribution in [-0.4, -0.2) is 25.1 Å². The summed E-state index contributed by atoms with van der Waals surface area (Å²) >= 11 is 0. The van der Waals surface area contributed by atoms with Crippen LogP contribution >= 0.6 is 0 Å². The molecule has 0 heterocycles.